The van der Waals surface area contributed by atoms with Gasteiger partial charge in [0.2, 0.25) is 11.8 Å². The second kappa shape index (κ2) is 12.3. The summed E-state index contributed by atoms with van der Waals surface area (Å²) in [7, 11) is -3.17. The minimum atomic E-state index is -4.89. The molecule has 0 bridgehead atoms. The molecule has 3 aromatic rings. The molecule has 0 fully saturated rings. The molecule has 39 heavy (non-hydrogen) atoms. The molecule has 0 aliphatic rings. The third kappa shape index (κ3) is 7.03. The van der Waals surface area contributed by atoms with E-state index in [-0.39, 0.29) is 11.4 Å². The van der Waals surface area contributed by atoms with E-state index in [1.165, 1.54) is 38.2 Å². The maximum Gasteiger partial charge on any atom is 0.417 e. The monoisotopic (exact) mass is 601 g/mol. The van der Waals surface area contributed by atoms with Crippen LogP contribution in [0.5, 0.6) is 0 Å². The van der Waals surface area contributed by atoms with Crippen molar-refractivity contribution >= 4 is 50.7 Å². The smallest absolute Gasteiger partial charge is 0.357 e. The minimum Gasteiger partial charge on any atom is -0.357 e. The molecule has 0 aromatic heterocycles. The van der Waals surface area contributed by atoms with Gasteiger partial charge in [0.05, 0.1) is 21.2 Å². The van der Waals surface area contributed by atoms with Crippen molar-refractivity contribution in [2.45, 2.75) is 30.6 Å². The van der Waals surface area contributed by atoms with Gasteiger partial charge in [0.1, 0.15) is 12.6 Å². The lowest BCUT2D eigenvalue weighted by Crippen LogP contribution is -2.50. The average Bonchev–Trinajstić information content (AvgIpc) is 2.90. The maximum atomic E-state index is 13.7. The number of carbonyl (C=O) groups excluding carboxylic acids is 2. The summed E-state index contributed by atoms with van der Waals surface area (Å²) >= 11 is 12.0. The molecule has 1 atom stereocenters. The van der Waals surface area contributed by atoms with Gasteiger partial charge in [-0.2, -0.15) is 13.2 Å². The number of nitrogens with zero attached hydrogens (tertiary/aromatic N) is 2. The Bertz CT molecular complexity index is 1450. The Morgan fingerprint density at radius 1 is 0.949 bits per heavy atom. The lowest BCUT2D eigenvalue weighted by molar-refractivity contribution is -0.139. The summed E-state index contributed by atoms with van der Waals surface area (Å²) in [6, 6.07) is 15.0. The molecule has 7 nitrogen and oxygen atoms in total. The highest BCUT2D eigenvalue weighted by Gasteiger charge is 2.37. The summed E-state index contributed by atoms with van der Waals surface area (Å²) < 4.78 is 68.8. The Balaban J connectivity index is 2.12. The Hall–Kier alpha value is -3.28. The largest absolute Gasteiger partial charge is 0.417 e. The molecule has 0 saturated heterocycles. The second-order valence-corrected chi connectivity index (χ2v) is 11.1. The van der Waals surface area contributed by atoms with Crippen LogP contribution in [0, 0.1) is 0 Å². The van der Waals surface area contributed by atoms with Gasteiger partial charge in [0.15, 0.2) is 0 Å². The second-order valence-electron chi connectivity index (χ2n) is 8.39. The highest BCUT2D eigenvalue weighted by molar-refractivity contribution is 7.92. The molecule has 0 spiro atoms. The third-order valence-electron chi connectivity index (χ3n) is 5.87. The molecule has 208 valence electrons. The first-order valence-electron chi connectivity index (χ1n) is 11.5. The van der Waals surface area contributed by atoms with Crippen molar-refractivity contribution in [1.82, 2.24) is 10.2 Å². The molecule has 0 radical (unpaired) electrons. The van der Waals surface area contributed by atoms with E-state index in [4.69, 9.17) is 23.2 Å². The van der Waals surface area contributed by atoms with Gasteiger partial charge in [-0.25, -0.2) is 8.42 Å². The highest BCUT2D eigenvalue weighted by atomic mass is 35.5. The van der Waals surface area contributed by atoms with Crippen LogP contribution in [-0.4, -0.2) is 44.8 Å². The van der Waals surface area contributed by atoms with Gasteiger partial charge in [-0.3, -0.25) is 13.9 Å². The highest BCUT2D eigenvalue weighted by Crippen LogP contribution is 2.38. The molecule has 0 saturated carbocycles. The number of amides is 2. The molecule has 1 unspecified atom stereocenters. The zero-order chi connectivity index (χ0) is 29.0. The fourth-order valence-corrected chi connectivity index (χ4v) is 5.58. The predicted octanol–water partition coefficient (Wildman–Crippen LogP) is 5.37. The summed E-state index contributed by atoms with van der Waals surface area (Å²) in [5, 5.41) is 2.10. The number of carbonyl (C=O) groups is 2. The normalized spacial score (nSPS) is 12.5. The summed E-state index contributed by atoms with van der Waals surface area (Å²) in [5.41, 5.74) is -1.23. The summed E-state index contributed by atoms with van der Waals surface area (Å²) in [6.07, 6.45) is -4.89. The van der Waals surface area contributed by atoms with Crippen LogP contribution in [0.25, 0.3) is 0 Å². The van der Waals surface area contributed by atoms with E-state index in [1.807, 2.05) is 0 Å². The SMILES string of the molecule is CNC(=O)C(C)N(Cc1ccccc1Cl)C(=O)CN(c1ccc(Cl)c(C(F)(F)F)c1)S(=O)(=O)c1ccccc1. The first-order chi connectivity index (χ1) is 18.3. The third-order valence-corrected chi connectivity index (χ3v) is 8.35. The summed E-state index contributed by atoms with van der Waals surface area (Å²) in [4.78, 5) is 27.0. The molecule has 3 aromatic carbocycles. The standard InChI is InChI=1S/C26H24Cl2F3N3O4S/c1-17(25(36)32-2)33(15-18-8-6-7-11-22(18)27)24(35)16-34(39(37,38)20-9-4-3-5-10-20)19-12-13-23(28)21(14-19)26(29,30)31/h3-14,17H,15-16H2,1-2H3,(H,32,36). The Morgan fingerprint density at radius 3 is 2.15 bits per heavy atom. The summed E-state index contributed by atoms with van der Waals surface area (Å²) in [6.45, 7) is 0.357. The lowest BCUT2D eigenvalue weighted by Gasteiger charge is -2.32. The number of rotatable bonds is 9. The number of hydrogen-bond acceptors (Lipinski definition) is 4. The van der Waals surface area contributed by atoms with Gasteiger partial charge >= 0.3 is 6.18 Å². The number of anilines is 1. The molecule has 1 N–H and O–H groups in total. The number of sulfonamides is 1. The van der Waals surface area contributed by atoms with Gasteiger partial charge in [0.25, 0.3) is 10.0 Å². The van der Waals surface area contributed by atoms with Crippen molar-refractivity contribution in [1.29, 1.82) is 0 Å². The van der Waals surface area contributed by atoms with Crippen molar-refractivity contribution in [3.8, 4) is 0 Å². The Morgan fingerprint density at radius 2 is 1.56 bits per heavy atom. The fraction of sp³-hybridized carbons (Fsp3) is 0.231. The minimum absolute atomic E-state index is 0.166. The molecule has 13 heteroatoms. The van der Waals surface area contributed by atoms with E-state index >= 15 is 0 Å². The molecule has 2 amide bonds. The number of benzene rings is 3. The van der Waals surface area contributed by atoms with Crippen LogP contribution in [0.3, 0.4) is 0 Å². The van der Waals surface area contributed by atoms with Gasteiger partial charge in [0, 0.05) is 18.6 Å². The van der Waals surface area contributed by atoms with Crippen LogP contribution < -0.4 is 9.62 Å². The van der Waals surface area contributed by atoms with Crippen molar-refractivity contribution < 1.29 is 31.2 Å². The van der Waals surface area contributed by atoms with Crippen LogP contribution >= 0.6 is 23.2 Å². The van der Waals surface area contributed by atoms with Crippen molar-refractivity contribution in [3.05, 3.63) is 94.0 Å². The molecule has 0 heterocycles. The Kier molecular flexibility index (Phi) is 9.52. The van der Waals surface area contributed by atoms with Crippen molar-refractivity contribution in [3.63, 3.8) is 0 Å². The topological polar surface area (TPSA) is 86.8 Å². The van der Waals surface area contributed by atoms with Crippen molar-refractivity contribution in [2.24, 2.45) is 0 Å². The predicted molar refractivity (Wildman–Crippen MR) is 143 cm³/mol. The maximum absolute atomic E-state index is 13.7. The van der Waals surface area contributed by atoms with Crippen molar-refractivity contribution in [2.75, 3.05) is 17.9 Å². The molecular weight excluding hydrogens is 578 g/mol. The van der Waals surface area contributed by atoms with E-state index in [9.17, 15) is 31.2 Å². The van der Waals surface area contributed by atoms with Crippen LogP contribution in [0.15, 0.2) is 77.7 Å². The quantitative estimate of drug-likeness (QED) is 0.357. The van der Waals surface area contributed by atoms with Gasteiger partial charge < -0.3 is 10.2 Å². The number of likely N-dealkylation sites (N-methyl/N-ethyl adjacent to an activating group) is 1. The van der Waals surface area contributed by atoms with E-state index in [0.29, 0.717) is 21.0 Å². The van der Waals surface area contributed by atoms with E-state index in [0.717, 1.165) is 17.0 Å². The lowest BCUT2D eigenvalue weighted by atomic mass is 10.1. The van der Waals surface area contributed by atoms with Gasteiger partial charge in [-0.05, 0) is 48.9 Å². The zero-order valence-corrected chi connectivity index (χ0v) is 23.1. The van der Waals surface area contributed by atoms with Gasteiger partial charge in [-0.15, -0.1) is 0 Å². The van der Waals surface area contributed by atoms with Crippen LogP contribution in [0.2, 0.25) is 10.0 Å². The Labute approximate surface area is 234 Å². The van der Waals surface area contributed by atoms with E-state index < -0.39 is 56.9 Å². The fourth-order valence-electron chi connectivity index (χ4n) is 3.74. The van der Waals surface area contributed by atoms with Crippen LogP contribution in [0.1, 0.15) is 18.1 Å². The first kappa shape index (κ1) is 30.3. The van der Waals surface area contributed by atoms with E-state index in [1.54, 1.807) is 30.3 Å². The van der Waals surface area contributed by atoms with Crippen LogP contribution in [-0.2, 0) is 32.3 Å². The van der Waals surface area contributed by atoms with Gasteiger partial charge in [-0.1, -0.05) is 59.6 Å². The summed E-state index contributed by atoms with van der Waals surface area (Å²) in [5.74, 6) is -1.40. The number of nitrogens with one attached hydrogen (secondary N) is 1. The number of halogens is 5. The average molecular weight is 602 g/mol. The molecular formula is C26H24Cl2F3N3O4S. The zero-order valence-electron chi connectivity index (χ0n) is 20.7. The number of hydrogen-bond donors (Lipinski definition) is 1. The number of alkyl halides is 3. The first-order valence-corrected chi connectivity index (χ1v) is 13.7. The van der Waals surface area contributed by atoms with E-state index in [2.05, 4.69) is 5.32 Å². The van der Waals surface area contributed by atoms with Crippen LogP contribution in [0.4, 0.5) is 18.9 Å². The molecule has 3 rings (SSSR count). The molecule has 0 aliphatic carbocycles. The molecule has 0 aliphatic heterocycles.